The summed E-state index contributed by atoms with van der Waals surface area (Å²) in [6.45, 7) is 4.42. The van der Waals surface area contributed by atoms with Crippen LogP contribution in [0.15, 0.2) is 36.8 Å². The SMILES string of the molecule is Cc1nc(NCc2c(F)ccc3c2CCO3)n2cnnc2c1-c1ccc[n+]([O-])c1C. The summed E-state index contributed by atoms with van der Waals surface area (Å²) in [7, 11) is 0. The van der Waals surface area contributed by atoms with Crippen molar-refractivity contribution in [2.24, 2.45) is 0 Å². The molecule has 9 heteroatoms. The molecule has 0 saturated carbocycles. The number of hydrogen-bond donors (Lipinski definition) is 1. The number of benzene rings is 1. The maximum Gasteiger partial charge on any atom is 0.210 e. The lowest BCUT2D eigenvalue weighted by molar-refractivity contribution is -0.611. The molecule has 0 atom stereocenters. The zero-order valence-corrected chi connectivity index (χ0v) is 16.5. The maximum atomic E-state index is 14.5. The van der Waals surface area contributed by atoms with E-state index in [4.69, 9.17) is 4.74 Å². The summed E-state index contributed by atoms with van der Waals surface area (Å²) in [4.78, 5) is 4.67. The summed E-state index contributed by atoms with van der Waals surface area (Å²) in [5.74, 6) is 0.948. The summed E-state index contributed by atoms with van der Waals surface area (Å²) >= 11 is 0. The van der Waals surface area contributed by atoms with Crippen molar-refractivity contribution in [3.8, 4) is 16.9 Å². The molecule has 1 aliphatic heterocycles. The number of aryl methyl sites for hydroxylation is 1. The van der Waals surface area contributed by atoms with Crippen molar-refractivity contribution < 1.29 is 13.9 Å². The zero-order valence-electron chi connectivity index (χ0n) is 16.5. The molecular formula is C21H19FN6O2. The van der Waals surface area contributed by atoms with Gasteiger partial charge in [0.2, 0.25) is 5.95 Å². The molecule has 0 radical (unpaired) electrons. The maximum absolute atomic E-state index is 14.5. The van der Waals surface area contributed by atoms with Gasteiger partial charge < -0.3 is 15.3 Å². The fraction of sp³-hybridized carbons (Fsp3) is 0.238. The fourth-order valence-electron chi connectivity index (χ4n) is 3.94. The highest BCUT2D eigenvalue weighted by Gasteiger charge is 2.22. The predicted molar refractivity (Wildman–Crippen MR) is 108 cm³/mol. The molecule has 0 spiro atoms. The summed E-state index contributed by atoms with van der Waals surface area (Å²) in [5.41, 5.74) is 4.74. The molecule has 8 nitrogen and oxygen atoms in total. The molecule has 0 unspecified atom stereocenters. The van der Waals surface area contributed by atoms with Gasteiger partial charge in [-0.2, -0.15) is 4.73 Å². The first-order chi connectivity index (χ1) is 14.5. The Bertz CT molecular complexity index is 1290. The third kappa shape index (κ3) is 2.81. The van der Waals surface area contributed by atoms with Gasteiger partial charge in [0.1, 0.15) is 17.9 Å². The quantitative estimate of drug-likeness (QED) is 0.414. The first-order valence-electron chi connectivity index (χ1n) is 9.61. The molecule has 0 aliphatic carbocycles. The molecule has 4 aromatic rings. The minimum absolute atomic E-state index is 0.252. The Morgan fingerprint density at radius 1 is 1.30 bits per heavy atom. The summed E-state index contributed by atoms with van der Waals surface area (Å²) in [6, 6.07) is 6.64. The van der Waals surface area contributed by atoms with Crippen molar-refractivity contribution in [3.63, 3.8) is 0 Å². The van der Waals surface area contributed by atoms with Crippen LogP contribution in [0.2, 0.25) is 0 Å². The smallest absolute Gasteiger partial charge is 0.210 e. The van der Waals surface area contributed by atoms with Gasteiger partial charge in [-0.1, -0.05) is 0 Å². The Morgan fingerprint density at radius 3 is 3.03 bits per heavy atom. The van der Waals surface area contributed by atoms with E-state index < -0.39 is 0 Å². The Kier molecular flexibility index (Phi) is 4.23. The Morgan fingerprint density at radius 2 is 2.17 bits per heavy atom. The van der Waals surface area contributed by atoms with E-state index in [0.29, 0.717) is 41.6 Å². The summed E-state index contributed by atoms with van der Waals surface area (Å²) in [5, 5.41) is 23.5. The van der Waals surface area contributed by atoms with Gasteiger partial charge in [0, 0.05) is 37.1 Å². The van der Waals surface area contributed by atoms with Crippen LogP contribution in [0.3, 0.4) is 0 Å². The molecule has 30 heavy (non-hydrogen) atoms. The Labute approximate surface area is 171 Å². The first kappa shape index (κ1) is 18.3. The number of nitrogens with zero attached hydrogens (tertiary/aromatic N) is 5. The number of anilines is 1. The van der Waals surface area contributed by atoms with Crippen LogP contribution in [-0.4, -0.2) is 26.2 Å². The second kappa shape index (κ2) is 6.94. The topological polar surface area (TPSA) is 91.3 Å². The number of ether oxygens (including phenoxy) is 1. The van der Waals surface area contributed by atoms with Crippen LogP contribution in [0, 0.1) is 24.9 Å². The predicted octanol–water partition coefficient (Wildman–Crippen LogP) is 2.73. The van der Waals surface area contributed by atoms with Crippen LogP contribution in [-0.2, 0) is 13.0 Å². The number of pyridine rings is 1. The molecule has 5 rings (SSSR count). The molecule has 1 N–H and O–H groups in total. The second-order valence-corrected chi connectivity index (χ2v) is 7.21. The van der Waals surface area contributed by atoms with Crippen LogP contribution in [0.5, 0.6) is 5.75 Å². The lowest BCUT2D eigenvalue weighted by atomic mass is 10.0. The fourth-order valence-corrected chi connectivity index (χ4v) is 3.94. The lowest BCUT2D eigenvalue weighted by Crippen LogP contribution is -2.29. The number of rotatable bonds is 4. The van der Waals surface area contributed by atoms with E-state index in [9.17, 15) is 9.60 Å². The Balaban J connectivity index is 1.56. The summed E-state index contributed by atoms with van der Waals surface area (Å²) < 4.78 is 22.5. The minimum Gasteiger partial charge on any atom is -0.618 e. The van der Waals surface area contributed by atoms with Crippen molar-refractivity contribution in [2.45, 2.75) is 26.8 Å². The van der Waals surface area contributed by atoms with Crippen molar-refractivity contribution >= 4 is 11.6 Å². The molecule has 3 aromatic heterocycles. The third-order valence-corrected chi connectivity index (χ3v) is 5.47. The summed E-state index contributed by atoms with van der Waals surface area (Å²) in [6.07, 6.45) is 3.68. The van der Waals surface area contributed by atoms with Gasteiger partial charge >= 0.3 is 0 Å². The van der Waals surface area contributed by atoms with Crippen molar-refractivity contribution in [1.29, 1.82) is 0 Å². The molecule has 0 amide bonds. The van der Waals surface area contributed by atoms with Crippen molar-refractivity contribution in [1.82, 2.24) is 19.6 Å². The number of nitrogens with one attached hydrogen (secondary N) is 1. The largest absolute Gasteiger partial charge is 0.618 e. The van der Waals surface area contributed by atoms with Crippen LogP contribution >= 0.6 is 0 Å². The highest BCUT2D eigenvalue weighted by Crippen LogP contribution is 2.32. The highest BCUT2D eigenvalue weighted by molar-refractivity contribution is 5.81. The van der Waals surface area contributed by atoms with Crippen LogP contribution in [0.4, 0.5) is 10.3 Å². The van der Waals surface area contributed by atoms with E-state index in [-0.39, 0.29) is 12.4 Å². The van der Waals surface area contributed by atoms with Crippen molar-refractivity contribution in [2.75, 3.05) is 11.9 Å². The van der Waals surface area contributed by atoms with E-state index in [1.807, 2.05) is 13.0 Å². The third-order valence-electron chi connectivity index (χ3n) is 5.47. The van der Waals surface area contributed by atoms with Gasteiger partial charge in [0.15, 0.2) is 17.5 Å². The van der Waals surface area contributed by atoms with Gasteiger partial charge in [-0.05, 0) is 25.1 Å². The molecular weight excluding hydrogens is 387 g/mol. The van der Waals surface area contributed by atoms with Crippen LogP contribution < -0.4 is 14.8 Å². The number of fused-ring (bicyclic) bond motifs is 2. The van der Waals surface area contributed by atoms with Gasteiger partial charge in [0.25, 0.3) is 0 Å². The average Bonchev–Trinajstić information content (AvgIpc) is 3.39. The first-order valence-corrected chi connectivity index (χ1v) is 9.61. The molecule has 1 aromatic carbocycles. The van der Waals surface area contributed by atoms with E-state index in [1.54, 1.807) is 29.8 Å². The highest BCUT2D eigenvalue weighted by atomic mass is 19.1. The molecule has 0 fully saturated rings. The zero-order chi connectivity index (χ0) is 20.8. The monoisotopic (exact) mass is 406 g/mol. The average molecular weight is 406 g/mol. The molecule has 152 valence electrons. The normalized spacial score (nSPS) is 12.8. The van der Waals surface area contributed by atoms with E-state index in [2.05, 4.69) is 20.5 Å². The van der Waals surface area contributed by atoms with Crippen molar-refractivity contribution in [3.05, 3.63) is 70.3 Å². The standard InChI is InChI=1S/C21H19FN6O2/c1-12-19(14-4-3-8-28(29)13(14)2)20-26-24-11-27(20)21(25-12)23-10-16-15-7-9-30-18(15)6-5-17(16)22/h3-6,8,11H,7,9-10H2,1-2H3,(H,23,25). The van der Waals surface area contributed by atoms with Gasteiger partial charge in [0.05, 0.1) is 23.4 Å². The minimum atomic E-state index is -0.278. The number of hydrogen-bond acceptors (Lipinski definition) is 6. The van der Waals surface area contributed by atoms with Gasteiger partial charge in [-0.25, -0.2) is 9.37 Å². The second-order valence-electron chi connectivity index (χ2n) is 7.21. The van der Waals surface area contributed by atoms with E-state index in [0.717, 1.165) is 27.2 Å². The molecule has 0 saturated heterocycles. The molecule has 1 aliphatic rings. The van der Waals surface area contributed by atoms with Crippen LogP contribution in [0.1, 0.15) is 22.5 Å². The van der Waals surface area contributed by atoms with E-state index in [1.165, 1.54) is 12.3 Å². The van der Waals surface area contributed by atoms with E-state index >= 15 is 0 Å². The number of halogens is 1. The van der Waals surface area contributed by atoms with Crippen LogP contribution in [0.25, 0.3) is 16.8 Å². The van der Waals surface area contributed by atoms with Gasteiger partial charge in [-0.15, -0.1) is 10.2 Å². The van der Waals surface area contributed by atoms with Gasteiger partial charge in [-0.3, -0.25) is 4.40 Å². The Hall–Kier alpha value is -3.75. The molecule has 4 heterocycles. The molecule has 0 bridgehead atoms. The number of aromatic nitrogens is 5. The lowest BCUT2D eigenvalue weighted by Gasteiger charge is -2.15.